The Labute approximate surface area is 160 Å². The maximum atomic E-state index is 12.1. The molecule has 0 bridgehead atoms. The van der Waals surface area contributed by atoms with E-state index in [4.69, 9.17) is 4.74 Å². The highest BCUT2D eigenvalue weighted by Gasteiger charge is 2.13. The molecule has 0 aliphatic heterocycles. The molecule has 0 spiro atoms. The van der Waals surface area contributed by atoms with E-state index >= 15 is 0 Å². The Morgan fingerprint density at radius 3 is 2.39 bits per heavy atom. The first-order valence-electron chi connectivity index (χ1n) is 8.39. The molecule has 0 radical (unpaired) electrons. The number of non-ortho nitro benzene ring substituents is 1. The van der Waals surface area contributed by atoms with Gasteiger partial charge in [-0.15, -0.1) is 0 Å². The van der Waals surface area contributed by atoms with Gasteiger partial charge in [0.15, 0.2) is 6.61 Å². The molecule has 3 rings (SSSR count). The second-order valence-electron chi connectivity index (χ2n) is 6.02. The molecule has 8 heteroatoms. The van der Waals surface area contributed by atoms with Crippen molar-refractivity contribution in [3.63, 3.8) is 0 Å². The molecule has 0 saturated carbocycles. The molecule has 1 aromatic heterocycles. The third kappa shape index (κ3) is 4.42. The second-order valence-corrected chi connectivity index (χ2v) is 6.02. The second kappa shape index (κ2) is 8.17. The Bertz CT molecular complexity index is 1010. The molecule has 2 aromatic carbocycles. The SMILES string of the molecule is Cc1cc([N+](=O)[O-])ccc1NC(=O)COC(=O)c1ccc(-n2cccc2)cc1. The Hall–Kier alpha value is -3.94. The topological polar surface area (TPSA) is 103 Å². The van der Waals surface area contributed by atoms with Crippen LogP contribution in [-0.2, 0) is 9.53 Å². The minimum absolute atomic E-state index is 0.0646. The lowest BCUT2D eigenvalue weighted by molar-refractivity contribution is -0.384. The summed E-state index contributed by atoms with van der Waals surface area (Å²) in [5, 5.41) is 13.3. The van der Waals surface area contributed by atoms with E-state index in [9.17, 15) is 19.7 Å². The molecule has 1 amide bonds. The number of carbonyl (C=O) groups excluding carboxylic acids is 2. The molecule has 8 nitrogen and oxygen atoms in total. The number of nitro benzene ring substituents is 1. The number of benzene rings is 2. The predicted molar refractivity (Wildman–Crippen MR) is 103 cm³/mol. The minimum atomic E-state index is -0.616. The first-order valence-corrected chi connectivity index (χ1v) is 8.39. The number of aryl methyl sites for hydroxylation is 1. The average Bonchev–Trinajstić information content (AvgIpc) is 3.22. The zero-order valence-corrected chi connectivity index (χ0v) is 15.0. The first kappa shape index (κ1) is 18.8. The molecule has 1 heterocycles. The molecule has 1 N–H and O–H groups in total. The summed E-state index contributed by atoms with van der Waals surface area (Å²) in [5.41, 5.74) is 2.12. The van der Waals surface area contributed by atoms with E-state index in [-0.39, 0.29) is 5.69 Å². The average molecular weight is 379 g/mol. The van der Waals surface area contributed by atoms with Gasteiger partial charge >= 0.3 is 5.97 Å². The maximum Gasteiger partial charge on any atom is 0.338 e. The van der Waals surface area contributed by atoms with Crippen molar-refractivity contribution in [3.8, 4) is 5.69 Å². The van der Waals surface area contributed by atoms with E-state index in [1.165, 1.54) is 18.2 Å². The number of rotatable bonds is 6. The molecular formula is C20H17N3O5. The lowest BCUT2D eigenvalue weighted by atomic mass is 10.2. The van der Waals surface area contributed by atoms with Gasteiger partial charge in [-0.25, -0.2) is 4.79 Å². The maximum absolute atomic E-state index is 12.1. The third-order valence-corrected chi connectivity index (χ3v) is 4.03. The van der Waals surface area contributed by atoms with Crippen molar-refractivity contribution in [2.45, 2.75) is 6.92 Å². The first-order chi connectivity index (χ1) is 13.4. The van der Waals surface area contributed by atoms with E-state index in [0.717, 1.165) is 5.69 Å². The number of hydrogen-bond acceptors (Lipinski definition) is 5. The van der Waals surface area contributed by atoms with E-state index in [0.29, 0.717) is 16.8 Å². The number of anilines is 1. The number of carbonyl (C=O) groups is 2. The summed E-state index contributed by atoms with van der Waals surface area (Å²) in [7, 11) is 0. The number of esters is 1. The monoisotopic (exact) mass is 379 g/mol. The molecule has 0 aliphatic carbocycles. The highest BCUT2D eigenvalue weighted by atomic mass is 16.6. The van der Waals surface area contributed by atoms with Crippen molar-refractivity contribution in [3.05, 3.63) is 88.2 Å². The van der Waals surface area contributed by atoms with Crippen LogP contribution in [0.15, 0.2) is 67.0 Å². The Morgan fingerprint density at radius 1 is 1.11 bits per heavy atom. The number of hydrogen-bond donors (Lipinski definition) is 1. The van der Waals surface area contributed by atoms with Crippen LogP contribution in [0.2, 0.25) is 0 Å². The van der Waals surface area contributed by atoms with Crippen molar-refractivity contribution < 1.29 is 19.2 Å². The van der Waals surface area contributed by atoms with Crippen molar-refractivity contribution in [2.75, 3.05) is 11.9 Å². The quantitative estimate of drug-likeness (QED) is 0.401. The van der Waals surface area contributed by atoms with Crippen LogP contribution >= 0.6 is 0 Å². The highest BCUT2D eigenvalue weighted by molar-refractivity contribution is 5.96. The van der Waals surface area contributed by atoms with Crippen LogP contribution in [0.5, 0.6) is 0 Å². The summed E-state index contributed by atoms with van der Waals surface area (Å²) in [5.74, 6) is -1.15. The van der Waals surface area contributed by atoms with Gasteiger partial charge in [0.1, 0.15) is 0 Å². The summed E-state index contributed by atoms with van der Waals surface area (Å²) < 4.78 is 6.93. The van der Waals surface area contributed by atoms with Crippen molar-refractivity contribution in [2.24, 2.45) is 0 Å². The predicted octanol–water partition coefficient (Wildman–Crippen LogP) is 3.49. The number of aromatic nitrogens is 1. The van der Waals surface area contributed by atoms with Crippen LogP contribution in [0.1, 0.15) is 15.9 Å². The Kier molecular flexibility index (Phi) is 5.50. The van der Waals surface area contributed by atoms with Crippen molar-refractivity contribution in [1.82, 2.24) is 4.57 Å². The van der Waals surface area contributed by atoms with Gasteiger partial charge in [-0.1, -0.05) is 0 Å². The van der Waals surface area contributed by atoms with E-state index in [1.807, 2.05) is 29.1 Å². The number of ether oxygens (including phenoxy) is 1. The number of nitrogens with zero attached hydrogens (tertiary/aromatic N) is 2. The highest BCUT2D eigenvalue weighted by Crippen LogP contribution is 2.21. The zero-order chi connectivity index (χ0) is 20.1. The molecule has 0 atom stereocenters. The van der Waals surface area contributed by atoms with Gasteiger partial charge in [0, 0.05) is 35.9 Å². The van der Waals surface area contributed by atoms with E-state index in [1.54, 1.807) is 31.2 Å². The molecule has 0 unspecified atom stereocenters. The van der Waals surface area contributed by atoms with Crippen LogP contribution in [-0.4, -0.2) is 28.0 Å². The van der Waals surface area contributed by atoms with Crippen LogP contribution in [0, 0.1) is 17.0 Å². The molecule has 3 aromatic rings. The van der Waals surface area contributed by atoms with Crippen LogP contribution < -0.4 is 5.32 Å². The number of nitrogens with one attached hydrogen (secondary N) is 1. The molecule has 0 saturated heterocycles. The number of amides is 1. The zero-order valence-electron chi connectivity index (χ0n) is 15.0. The fourth-order valence-corrected chi connectivity index (χ4v) is 2.58. The van der Waals surface area contributed by atoms with Crippen LogP contribution in [0.3, 0.4) is 0 Å². The standard InChI is InChI=1S/C20H17N3O5/c1-14-12-17(23(26)27)8-9-18(14)21-19(24)13-28-20(25)15-4-6-16(7-5-15)22-10-2-3-11-22/h2-12H,13H2,1H3,(H,21,24). The van der Waals surface area contributed by atoms with E-state index < -0.39 is 23.4 Å². The summed E-state index contributed by atoms with van der Waals surface area (Å²) in [6.07, 6.45) is 3.77. The van der Waals surface area contributed by atoms with Crippen molar-refractivity contribution in [1.29, 1.82) is 0 Å². The molecular weight excluding hydrogens is 362 g/mol. The smallest absolute Gasteiger partial charge is 0.338 e. The minimum Gasteiger partial charge on any atom is -0.452 e. The molecule has 0 fully saturated rings. The fraction of sp³-hybridized carbons (Fsp3) is 0.100. The lowest BCUT2D eigenvalue weighted by Crippen LogP contribution is -2.21. The molecule has 142 valence electrons. The number of nitro groups is 1. The Morgan fingerprint density at radius 2 is 1.79 bits per heavy atom. The lowest BCUT2D eigenvalue weighted by Gasteiger charge is -2.09. The van der Waals surface area contributed by atoms with Gasteiger partial charge in [0.25, 0.3) is 11.6 Å². The molecule has 0 aliphatic rings. The van der Waals surface area contributed by atoms with Gasteiger partial charge < -0.3 is 14.6 Å². The summed E-state index contributed by atoms with van der Waals surface area (Å²) in [6, 6.07) is 14.7. The summed E-state index contributed by atoms with van der Waals surface area (Å²) >= 11 is 0. The molecule has 28 heavy (non-hydrogen) atoms. The van der Waals surface area contributed by atoms with E-state index in [2.05, 4.69) is 5.32 Å². The normalized spacial score (nSPS) is 10.3. The van der Waals surface area contributed by atoms with Gasteiger partial charge in [-0.05, 0) is 55.0 Å². The van der Waals surface area contributed by atoms with Gasteiger partial charge in [0.2, 0.25) is 0 Å². The summed E-state index contributed by atoms with van der Waals surface area (Å²) in [4.78, 5) is 34.3. The van der Waals surface area contributed by atoms with Gasteiger partial charge in [0.05, 0.1) is 10.5 Å². The fourth-order valence-electron chi connectivity index (χ4n) is 2.58. The van der Waals surface area contributed by atoms with Gasteiger partial charge in [-0.2, -0.15) is 0 Å². The van der Waals surface area contributed by atoms with Crippen molar-refractivity contribution >= 4 is 23.3 Å². The van der Waals surface area contributed by atoms with Crippen LogP contribution in [0.4, 0.5) is 11.4 Å². The Balaban J connectivity index is 1.55. The summed E-state index contributed by atoms with van der Waals surface area (Å²) in [6.45, 7) is 1.18. The third-order valence-electron chi connectivity index (χ3n) is 4.03. The largest absolute Gasteiger partial charge is 0.452 e. The van der Waals surface area contributed by atoms with Gasteiger partial charge in [-0.3, -0.25) is 14.9 Å². The van der Waals surface area contributed by atoms with Crippen LogP contribution in [0.25, 0.3) is 5.69 Å².